The SMILES string of the molecule is Cc1ccc(-c2noc(C(c3ccccc3F)N(C)C)n2)nn1. The third-order valence-corrected chi connectivity index (χ3v) is 3.42. The van der Waals surface area contributed by atoms with Crippen molar-refractivity contribution in [3.05, 3.63) is 59.4 Å². The van der Waals surface area contributed by atoms with Crippen LogP contribution in [0.1, 0.15) is 23.2 Å². The van der Waals surface area contributed by atoms with Crippen LogP contribution >= 0.6 is 0 Å². The van der Waals surface area contributed by atoms with Crippen LogP contribution < -0.4 is 0 Å². The molecule has 0 N–H and O–H groups in total. The summed E-state index contributed by atoms with van der Waals surface area (Å²) in [5, 5.41) is 11.9. The van der Waals surface area contributed by atoms with E-state index in [1.807, 2.05) is 32.0 Å². The number of nitrogens with zero attached hydrogens (tertiary/aromatic N) is 5. The van der Waals surface area contributed by atoms with Crippen LogP contribution in [-0.4, -0.2) is 39.3 Å². The van der Waals surface area contributed by atoms with Gasteiger partial charge in [0.25, 0.3) is 0 Å². The second-order valence-electron chi connectivity index (χ2n) is 5.40. The molecule has 1 aromatic carbocycles. The topological polar surface area (TPSA) is 67.9 Å². The van der Waals surface area contributed by atoms with Crippen molar-refractivity contribution in [1.82, 2.24) is 25.2 Å². The zero-order chi connectivity index (χ0) is 16.4. The molecule has 3 rings (SSSR count). The van der Waals surface area contributed by atoms with E-state index in [0.29, 0.717) is 23.0 Å². The van der Waals surface area contributed by atoms with Gasteiger partial charge in [-0.3, -0.25) is 4.90 Å². The Hall–Kier alpha value is -2.67. The Morgan fingerprint density at radius 2 is 1.87 bits per heavy atom. The van der Waals surface area contributed by atoms with Gasteiger partial charge in [0.15, 0.2) is 0 Å². The van der Waals surface area contributed by atoms with Crippen LogP contribution in [0.2, 0.25) is 0 Å². The molecule has 0 fully saturated rings. The van der Waals surface area contributed by atoms with Crippen molar-refractivity contribution in [2.45, 2.75) is 13.0 Å². The first-order valence-corrected chi connectivity index (χ1v) is 7.11. The lowest BCUT2D eigenvalue weighted by molar-refractivity contribution is 0.256. The first-order valence-electron chi connectivity index (χ1n) is 7.11. The summed E-state index contributed by atoms with van der Waals surface area (Å²) in [4.78, 5) is 6.18. The van der Waals surface area contributed by atoms with Gasteiger partial charge in [0.1, 0.15) is 17.6 Å². The molecule has 0 saturated heterocycles. The van der Waals surface area contributed by atoms with Gasteiger partial charge < -0.3 is 4.52 Å². The highest BCUT2D eigenvalue weighted by Crippen LogP contribution is 2.28. The van der Waals surface area contributed by atoms with Gasteiger partial charge in [0.2, 0.25) is 11.7 Å². The van der Waals surface area contributed by atoms with Crippen LogP contribution in [-0.2, 0) is 0 Å². The first kappa shape index (κ1) is 15.2. The van der Waals surface area contributed by atoms with Gasteiger partial charge in [-0.2, -0.15) is 10.1 Å². The Morgan fingerprint density at radius 1 is 1.09 bits per heavy atom. The molecule has 0 saturated carbocycles. The fraction of sp³-hybridized carbons (Fsp3) is 0.250. The Balaban J connectivity index is 1.99. The molecule has 3 aromatic rings. The quantitative estimate of drug-likeness (QED) is 0.737. The fourth-order valence-corrected chi connectivity index (χ4v) is 2.30. The Bertz CT molecular complexity index is 800. The third-order valence-electron chi connectivity index (χ3n) is 3.42. The second-order valence-corrected chi connectivity index (χ2v) is 5.40. The van der Waals surface area contributed by atoms with E-state index in [1.54, 1.807) is 24.3 Å². The maximum atomic E-state index is 14.1. The van der Waals surface area contributed by atoms with E-state index in [1.165, 1.54) is 6.07 Å². The average Bonchev–Trinajstić information content (AvgIpc) is 2.99. The van der Waals surface area contributed by atoms with Gasteiger partial charge >= 0.3 is 0 Å². The lowest BCUT2D eigenvalue weighted by Gasteiger charge is -2.21. The molecule has 118 valence electrons. The van der Waals surface area contributed by atoms with Gasteiger partial charge in [-0.25, -0.2) is 4.39 Å². The summed E-state index contributed by atoms with van der Waals surface area (Å²) in [5.74, 6) is 0.314. The number of benzene rings is 1. The van der Waals surface area contributed by atoms with Crippen LogP contribution in [0.5, 0.6) is 0 Å². The largest absolute Gasteiger partial charge is 0.337 e. The Morgan fingerprint density at radius 3 is 2.52 bits per heavy atom. The predicted molar refractivity (Wildman–Crippen MR) is 82.0 cm³/mol. The molecular weight excluding hydrogens is 297 g/mol. The van der Waals surface area contributed by atoms with Crippen molar-refractivity contribution in [2.75, 3.05) is 14.1 Å². The molecule has 0 amide bonds. The molecule has 0 spiro atoms. The lowest BCUT2D eigenvalue weighted by Crippen LogP contribution is -2.22. The summed E-state index contributed by atoms with van der Waals surface area (Å²) in [5.41, 5.74) is 1.79. The van der Waals surface area contributed by atoms with E-state index in [9.17, 15) is 4.39 Å². The van der Waals surface area contributed by atoms with Gasteiger partial charge in [0.05, 0.1) is 5.69 Å². The van der Waals surface area contributed by atoms with Crippen LogP contribution in [0.25, 0.3) is 11.5 Å². The van der Waals surface area contributed by atoms with Gasteiger partial charge in [-0.15, -0.1) is 5.10 Å². The van der Waals surface area contributed by atoms with E-state index >= 15 is 0 Å². The Labute approximate surface area is 133 Å². The smallest absolute Gasteiger partial charge is 0.249 e. The Kier molecular flexibility index (Phi) is 4.12. The number of hydrogen-bond acceptors (Lipinski definition) is 6. The maximum Gasteiger partial charge on any atom is 0.249 e. The van der Waals surface area contributed by atoms with Crippen molar-refractivity contribution >= 4 is 0 Å². The minimum atomic E-state index is -0.476. The highest BCUT2D eigenvalue weighted by molar-refractivity contribution is 5.47. The zero-order valence-corrected chi connectivity index (χ0v) is 13.1. The van der Waals surface area contributed by atoms with Crippen molar-refractivity contribution < 1.29 is 8.91 Å². The zero-order valence-electron chi connectivity index (χ0n) is 13.1. The molecule has 23 heavy (non-hydrogen) atoms. The molecule has 2 aromatic heterocycles. The number of aryl methyl sites for hydroxylation is 1. The second kappa shape index (κ2) is 6.21. The van der Waals surface area contributed by atoms with Gasteiger partial charge in [-0.1, -0.05) is 23.4 Å². The maximum absolute atomic E-state index is 14.1. The van der Waals surface area contributed by atoms with E-state index in [2.05, 4.69) is 20.3 Å². The first-order chi connectivity index (χ1) is 11.1. The molecule has 7 heteroatoms. The summed E-state index contributed by atoms with van der Waals surface area (Å²) in [6.07, 6.45) is 0. The summed E-state index contributed by atoms with van der Waals surface area (Å²) in [6.45, 7) is 1.85. The number of halogens is 1. The fourth-order valence-electron chi connectivity index (χ4n) is 2.30. The molecule has 6 nitrogen and oxygen atoms in total. The van der Waals surface area contributed by atoms with Crippen LogP contribution in [0.15, 0.2) is 40.9 Å². The van der Waals surface area contributed by atoms with Crippen molar-refractivity contribution in [3.8, 4) is 11.5 Å². The van der Waals surface area contributed by atoms with Gasteiger partial charge in [0, 0.05) is 5.56 Å². The molecule has 1 atom stereocenters. The van der Waals surface area contributed by atoms with E-state index in [4.69, 9.17) is 4.52 Å². The van der Waals surface area contributed by atoms with Crippen molar-refractivity contribution in [3.63, 3.8) is 0 Å². The summed E-state index contributed by atoms with van der Waals surface area (Å²) >= 11 is 0. The molecule has 0 aliphatic heterocycles. The van der Waals surface area contributed by atoms with E-state index < -0.39 is 6.04 Å². The molecule has 1 unspecified atom stereocenters. The van der Waals surface area contributed by atoms with Crippen molar-refractivity contribution in [2.24, 2.45) is 0 Å². The standard InChI is InChI=1S/C16H16FN5O/c1-10-8-9-13(20-19-10)15-18-16(23-21-15)14(22(2)3)11-6-4-5-7-12(11)17/h4-9,14H,1-3H3. The third kappa shape index (κ3) is 3.09. The minimum Gasteiger partial charge on any atom is -0.337 e. The number of hydrogen-bond donors (Lipinski definition) is 0. The molecule has 2 heterocycles. The number of aromatic nitrogens is 4. The van der Waals surface area contributed by atoms with E-state index in [0.717, 1.165) is 5.69 Å². The van der Waals surface area contributed by atoms with Crippen LogP contribution in [0.4, 0.5) is 4.39 Å². The molecule has 0 aliphatic carbocycles. The minimum absolute atomic E-state index is 0.303. The molecular formula is C16H16FN5O. The normalized spacial score (nSPS) is 12.6. The van der Waals surface area contributed by atoms with Gasteiger partial charge in [-0.05, 0) is 39.2 Å². The summed E-state index contributed by atoms with van der Waals surface area (Å²) in [7, 11) is 3.65. The molecule has 0 aliphatic rings. The highest BCUT2D eigenvalue weighted by Gasteiger charge is 2.26. The predicted octanol–water partition coefficient (Wildman–Crippen LogP) is 2.63. The summed E-state index contributed by atoms with van der Waals surface area (Å²) in [6, 6.07) is 9.65. The number of rotatable bonds is 4. The van der Waals surface area contributed by atoms with Crippen LogP contribution in [0, 0.1) is 12.7 Å². The average molecular weight is 313 g/mol. The van der Waals surface area contributed by atoms with Crippen molar-refractivity contribution in [1.29, 1.82) is 0 Å². The molecule has 0 bridgehead atoms. The molecule has 0 radical (unpaired) electrons. The lowest BCUT2D eigenvalue weighted by atomic mass is 10.1. The summed E-state index contributed by atoms with van der Waals surface area (Å²) < 4.78 is 19.5. The van der Waals surface area contributed by atoms with E-state index in [-0.39, 0.29) is 5.82 Å². The van der Waals surface area contributed by atoms with Crippen LogP contribution in [0.3, 0.4) is 0 Å². The monoisotopic (exact) mass is 313 g/mol. The highest BCUT2D eigenvalue weighted by atomic mass is 19.1.